The second-order valence-corrected chi connectivity index (χ2v) is 8.67. The second kappa shape index (κ2) is 7.66. The van der Waals surface area contributed by atoms with Crippen molar-refractivity contribution in [3.63, 3.8) is 0 Å². The van der Waals surface area contributed by atoms with E-state index in [-0.39, 0.29) is 11.8 Å². The predicted octanol–water partition coefficient (Wildman–Crippen LogP) is 2.49. The molecule has 0 N–H and O–H groups in total. The third kappa shape index (κ3) is 3.81. The third-order valence-electron chi connectivity index (χ3n) is 5.10. The minimum atomic E-state index is -3.46. The zero-order valence-corrected chi connectivity index (χ0v) is 14.9. The van der Waals surface area contributed by atoms with Crippen molar-refractivity contribution in [1.82, 2.24) is 9.21 Å². The molecule has 132 valence electrons. The molecule has 1 heterocycles. The van der Waals surface area contributed by atoms with Gasteiger partial charge in [-0.25, -0.2) is 8.42 Å². The summed E-state index contributed by atoms with van der Waals surface area (Å²) in [6.45, 7) is 2.03. The first kappa shape index (κ1) is 17.4. The molecule has 0 aromatic heterocycles. The summed E-state index contributed by atoms with van der Waals surface area (Å²) in [5.74, 6) is 0.379. The Morgan fingerprint density at radius 2 is 1.58 bits per heavy atom. The van der Waals surface area contributed by atoms with E-state index in [0.29, 0.717) is 37.5 Å². The lowest BCUT2D eigenvalue weighted by Crippen LogP contribution is -2.40. The van der Waals surface area contributed by atoms with E-state index in [1.54, 1.807) is 24.3 Å². The molecule has 0 radical (unpaired) electrons. The van der Waals surface area contributed by atoms with Gasteiger partial charge in [0.05, 0.1) is 4.90 Å². The number of amides is 1. The summed E-state index contributed by atoms with van der Waals surface area (Å²) >= 11 is 0. The van der Waals surface area contributed by atoms with Crippen molar-refractivity contribution in [2.24, 2.45) is 5.92 Å². The Labute approximate surface area is 144 Å². The maximum atomic E-state index is 12.7. The number of sulfonamides is 1. The second-order valence-electron chi connectivity index (χ2n) is 6.73. The van der Waals surface area contributed by atoms with Crippen LogP contribution >= 0.6 is 0 Å². The van der Waals surface area contributed by atoms with Crippen molar-refractivity contribution < 1.29 is 13.2 Å². The monoisotopic (exact) mass is 350 g/mol. The standard InChI is InChI=1S/C18H26N2O3S/c21-18(16-8-3-1-4-9-16)19-12-7-13-20(15-14-19)24(22,23)17-10-5-2-6-11-17/h2,5-6,10-11,16H,1,3-4,7-9,12-15H2. The Kier molecular flexibility index (Phi) is 5.56. The van der Waals surface area contributed by atoms with Gasteiger partial charge in [-0.3, -0.25) is 4.79 Å². The summed E-state index contributed by atoms with van der Waals surface area (Å²) in [4.78, 5) is 14.9. The fourth-order valence-corrected chi connectivity index (χ4v) is 5.19. The maximum absolute atomic E-state index is 12.7. The smallest absolute Gasteiger partial charge is 0.243 e. The molecule has 1 saturated carbocycles. The van der Waals surface area contributed by atoms with Crippen LogP contribution in [0.2, 0.25) is 0 Å². The molecule has 0 unspecified atom stereocenters. The number of rotatable bonds is 3. The van der Waals surface area contributed by atoms with E-state index < -0.39 is 10.0 Å². The number of hydrogen-bond donors (Lipinski definition) is 0. The van der Waals surface area contributed by atoms with E-state index in [2.05, 4.69) is 0 Å². The molecule has 2 aliphatic rings. The normalized spacial score (nSPS) is 21.4. The lowest BCUT2D eigenvalue weighted by molar-refractivity contribution is -0.136. The minimum Gasteiger partial charge on any atom is -0.341 e. The Morgan fingerprint density at radius 3 is 2.29 bits per heavy atom. The fourth-order valence-electron chi connectivity index (χ4n) is 3.70. The van der Waals surface area contributed by atoms with Gasteiger partial charge in [0.2, 0.25) is 15.9 Å². The van der Waals surface area contributed by atoms with E-state index in [1.807, 2.05) is 11.0 Å². The molecule has 6 heteroatoms. The molecular weight excluding hydrogens is 324 g/mol. The van der Waals surface area contributed by atoms with Crippen LogP contribution < -0.4 is 0 Å². The van der Waals surface area contributed by atoms with Crippen molar-refractivity contribution in [3.05, 3.63) is 30.3 Å². The first-order valence-corrected chi connectivity index (χ1v) is 10.4. The predicted molar refractivity (Wildman–Crippen MR) is 93.0 cm³/mol. The quantitative estimate of drug-likeness (QED) is 0.841. The average molecular weight is 350 g/mol. The molecule has 1 aliphatic carbocycles. The van der Waals surface area contributed by atoms with Gasteiger partial charge in [-0.1, -0.05) is 37.5 Å². The highest BCUT2D eigenvalue weighted by molar-refractivity contribution is 7.89. The zero-order chi connectivity index (χ0) is 17.0. The van der Waals surface area contributed by atoms with Crippen LogP contribution in [0.25, 0.3) is 0 Å². The van der Waals surface area contributed by atoms with E-state index in [1.165, 1.54) is 10.7 Å². The molecule has 1 aromatic rings. The Morgan fingerprint density at radius 1 is 0.875 bits per heavy atom. The molecule has 1 saturated heterocycles. The highest BCUT2D eigenvalue weighted by Gasteiger charge is 2.31. The molecule has 0 spiro atoms. The van der Waals surface area contributed by atoms with Gasteiger partial charge in [0, 0.05) is 32.1 Å². The van der Waals surface area contributed by atoms with Gasteiger partial charge in [0.25, 0.3) is 0 Å². The van der Waals surface area contributed by atoms with Crippen LogP contribution in [-0.4, -0.2) is 49.7 Å². The van der Waals surface area contributed by atoms with Crippen molar-refractivity contribution in [1.29, 1.82) is 0 Å². The van der Waals surface area contributed by atoms with Gasteiger partial charge >= 0.3 is 0 Å². The van der Waals surface area contributed by atoms with Gasteiger partial charge in [0.15, 0.2) is 0 Å². The molecule has 24 heavy (non-hydrogen) atoms. The topological polar surface area (TPSA) is 57.7 Å². The first-order chi connectivity index (χ1) is 11.6. The highest BCUT2D eigenvalue weighted by atomic mass is 32.2. The molecule has 2 fully saturated rings. The highest BCUT2D eigenvalue weighted by Crippen LogP contribution is 2.26. The molecule has 5 nitrogen and oxygen atoms in total. The summed E-state index contributed by atoms with van der Waals surface area (Å²) < 4.78 is 27.0. The summed E-state index contributed by atoms with van der Waals surface area (Å²) in [7, 11) is -3.46. The molecule has 0 atom stereocenters. The minimum absolute atomic E-state index is 0.149. The van der Waals surface area contributed by atoms with Gasteiger partial charge in [-0.2, -0.15) is 4.31 Å². The number of benzene rings is 1. The number of nitrogens with zero attached hydrogens (tertiary/aromatic N) is 2. The summed E-state index contributed by atoms with van der Waals surface area (Å²) in [5, 5.41) is 0. The molecule has 1 amide bonds. The van der Waals surface area contributed by atoms with Gasteiger partial charge in [0.1, 0.15) is 0 Å². The van der Waals surface area contributed by atoms with E-state index in [0.717, 1.165) is 25.7 Å². The summed E-state index contributed by atoms with van der Waals surface area (Å²) in [5.41, 5.74) is 0. The van der Waals surface area contributed by atoms with Crippen LogP contribution in [0.3, 0.4) is 0 Å². The maximum Gasteiger partial charge on any atom is 0.243 e. The summed E-state index contributed by atoms with van der Waals surface area (Å²) in [6, 6.07) is 8.55. The van der Waals surface area contributed by atoms with Crippen LogP contribution in [0.1, 0.15) is 38.5 Å². The lowest BCUT2D eigenvalue weighted by Gasteiger charge is -2.28. The van der Waals surface area contributed by atoms with E-state index in [4.69, 9.17) is 0 Å². The largest absolute Gasteiger partial charge is 0.341 e. The van der Waals surface area contributed by atoms with Crippen LogP contribution in [0.15, 0.2) is 35.2 Å². The van der Waals surface area contributed by atoms with Gasteiger partial charge in [-0.15, -0.1) is 0 Å². The molecule has 1 aromatic carbocycles. The average Bonchev–Trinajstić information content (AvgIpc) is 2.89. The first-order valence-electron chi connectivity index (χ1n) is 8.93. The molecule has 0 bridgehead atoms. The number of carbonyl (C=O) groups is 1. The molecule has 1 aliphatic heterocycles. The van der Waals surface area contributed by atoms with Crippen LogP contribution in [0.4, 0.5) is 0 Å². The lowest BCUT2D eigenvalue weighted by atomic mass is 9.88. The van der Waals surface area contributed by atoms with Gasteiger partial charge < -0.3 is 4.90 Å². The molecule has 3 rings (SSSR count). The van der Waals surface area contributed by atoms with E-state index in [9.17, 15) is 13.2 Å². The number of hydrogen-bond acceptors (Lipinski definition) is 3. The van der Waals surface area contributed by atoms with Crippen molar-refractivity contribution >= 4 is 15.9 Å². The van der Waals surface area contributed by atoms with Crippen molar-refractivity contribution in [2.45, 2.75) is 43.4 Å². The van der Waals surface area contributed by atoms with Gasteiger partial charge in [-0.05, 0) is 31.4 Å². The number of carbonyl (C=O) groups excluding carboxylic acids is 1. The molecular formula is C18H26N2O3S. The fraction of sp³-hybridized carbons (Fsp3) is 0.611. The SMILES string of the molecule is O=C(C1CCCCC1)N1CCCN(S(=O)(=O)c2ccccc2)CC1. The zero-order valence-electron chi connectivity index (χ0n) is 14.1. The van der Waals surface area contributed by atoms with Crippen LogP contribution in [0, 0.1) is 5.92 Å². The van der Waals surface area contributed by atoms with Crippen LogP contribution in [-0.2, 0) is 14.8 Å². The third-order valence-corrected chi connectivity index (χ3v) is 7.01. The van der Waals surface area contributed by atoms with Crippen molar-refractivity contribution in [3.8, 4) is 0 Å². The Bertz CT molecular complexity index is 654. The van der Waals surface area contributed by atoms with Crippen LogP contribution in [0.5, 0.6) is 0 Å². The van der Waals surface area contributed by atoms with Crippen molar-refractivity contribution in [2.75, 3.05) is 26.2 Å². The summed E-state index contributed by atoms with van der Waals surface area (Å²) in [6.07, 6.45) is 6.18. The Hall–Kier alpha value is -1.40. The van der Waals surface area contributed by atoms with E-state index >= 15 is 0 Å². The Balaban J connectivity index is 1.65.